The Labute approximate surface area is 114 Å². The molecule has 1 aliphatic heterocycles. The normalized spacial score (nSPS) is 20.8. The van der Waals surface area contributed by atoms with Crippen molar-refractivity contribution >= 4 is 11.6 Å². The Kier molecular flexibility index (Phi) is 3.55. The van der Waals surface area contributed by atoms with Crippen LogP contribution < -0.4 is 10.6 Å². The van der Waals surface area contributed by atoms with Crippen LogP contribution in [0, 0.1) is 0 Å². The largest absolute Gasteiger partial charge is 0.384 e. The summed E-state index contributed by atoms with van der Waals surface area (Å²) >= 11 is 0. The zero-order chi connectivity index (χ0) is 13.2. The van der Waals surface area contributed by atoms with Gasteiger partial charge in [0.1, 0.15) is 17.5 Å². The number of anilines is 2. The maximum atomic E-state index is 5.89. The molecule has 2 heterocycles. The third-order valence-corrected chi connectivity index (χ3v) is 3.95. The molecule has 1 aliphatic carbocycles. The van der Waals surface area contributed by atoms with Crippen molar-refractivity contribution in [2.75, 3.05) is 36.8 Å². The van der Waals surface area contributed by atoms with Gasteiger partial charge < -0.3 is 10.6 Å². The molecule has 1 saturated carbocycles. The van der Waals surface area contributed by atoms with E-state index in [1.807, 2.05) is 6.07 Å². The van der Waals surface area contributed by atoms with E-state index in [0.717, 1.165) is 56.7 Å². The molecular weight excluding hydrogens is 238 g/mol. The summed E-state index contributed by atoms with van der Waals surface area (Å²) in [6, 6.07) is 2.78. The number of nitrogens with zero attached hydrogens (tertiary/aromatic N) is 4. The first-order valence-electron chi connectivity index (χ1n) is 7.38. The van der Waals surface area contributed by atoms with E-state index in [-0.39, 0.29) is 0 Å². The molecule has 104 valence electrons. The van der Waals surface area contributed by atoms with Gasteiger partial charge in [-0.1, -0.05) is 6.92 Å². The lowest BCUT2D eigenvalue weighted by molar-refractivity contribution is 0.247. The highest BCUT2D eigenvalue weighted by Gasteiger charge is 2.31. The SMILES string of the molecule is CCCc1nc(N)cc(N2CCN(C3CC3)CC2)n1. The first-order chi connectivity index (χ1) is 9.26. The van der Waals surface area contributed by atoms with Crippen LogP contribution in [-0.4, -0.2) is 47.1 Å². The van der Waals surface area contributed by atoms with E-state index in [1.54, 1.807) is 0 Å². The summed E-state index contributed by atoms with van der Waals surface area (Å²) in [6.45, 7) is 6.55. The minimum atomic E-state index is 0.595. The average Bonchev–Trinajstić information content (AvgIpc) is 3.23. The second-order valence-electron chi connectivity index (χ2n) is 5.57. The fraction of sp³-hybridized carbons (Fsp3) is 0.714. The van der Waals surface area contributed by atoms with Gasteiger partial charge in [0.05, 0.1) is 0 Å². The van der Waals surface area contributed by atoms with Crippen LogP contribution >= 0.6 is 0 Å². The van der Waals surface area contributed by atoms with Crippen LogP contribution in [0.3, 0.4) is 0 Å². The van der Waals surface area contributed by atoms with Gasteiger partial charge in [-0.05, 0) is 19.3 Å². The van der Waals surface area contributed by atoms with Crippen LogP contribution in [0.4, 0.5) is 11.6 Å². The minimum Gasteiger partial charge on any atom is -0.384 e. The number of rotatable bonds is 4. The monoisotopic (exact) mass is 261 g/mol. The smallest absolute Gasteiger partial charge is 0.134 e. The van der Waals surface area contributed by atoms with Gasteiger partial charge in [0.25, 0.3) is 0 Å². The minimum absolute atomic E-state index is 0.595. The van der Waals surface area contributed by atoms with Crippen LogP contribution in [0.2, 0.25) is 0 Å². The van der Waals surface area contributed by atoms with Gasteiger partial charge in [-0.15, -0.1) is 0 Å². The summed E-state index contributed by atoms with van der Waals surface area (Å²) in [5.41, 5.74) is 5.89. The van der Waals surface area contributed by atoms with Gasteiger partial charge in [-0.25, -0.2) is 9.97 Å². The highest BCUT2D eigenvalue weighted by atomic mass is 15.3. The van der Waals surface area contributed by atoms with Gasteiger partial charge in [0.15, 0.2) is 0 Å². The molecule has 0 aromatic carbocycles. The van der Waals surface area contributed by atoms with E-state index in [0.29, 0.717) is 5.82 Å². The topological polar surface area (TPSA) is 58.3 Å². The molecule has 2 aliphatic rings. The number of piperazine rings is 1. The van der Waals surface area contributed by atoms with Gasteiger partial charge in [0, 0.05) is 44.7 Å². The highest BCUT2D eigenvalue weighted by Crippen LogP contribution is 2.28. The zero-order valence-corrected chi connectivity index (χ0v) is 11.7. The Balaban J connectivity index is 1.68. The summed E-state index contributed by atoms with van der Waals surface area (Å²) in [6.07, 6.45) is 4.74. The predicted octanol–water partition coefficient (Wildman–Crippen LogP) is 1.30. The molecule has 3 rings (SSSR count). The van der Waals surface area contributed by atoms with Crippen LogP contribution in [0.5, 0.6) is 0 Å². The van der Waals surface area contributed by atoms with Crippen molar-refractivity contribution in [3.63, 3.8) is 0 Å². The van der Waals surface area contributed by atoms with Crippen LogP contribution in [0.1, 0.15) is 32.0 Å². The molecule has 5 heteroatoms. The summed E-state index contributed by atoms with van der Waals surface area (Å²) in [5.74, 6) is 2.48. The number of aryl methyl sites for hydroxylation is 1. The lowest BCUT2D eigenvalue weighted by atomic mass is 10.3. The van der Waals surface area contributed by atoms with Gasteiger partial charge in [-0.3, -0.25) is 4.90 Å². The second kappa shape index (κ2) is 5.33. The van der Waals surface area contributed by atoms with E-state index in [9.17, 15) is 0 Å². The van der Waals surface area contributed by atoms with E-state index in [1.165, 1.54) is 12.8 Å². The molecule has 0 radical (unpaired) electrons. The molecule has 2 fully saturated rings. The van der Waals surface area contributed by atoms with Crippen molar-refractivity contribution in [2.24, 2.45) is 0 Å². The van der Waals surface area contributed by atoms with Crippen molar-refractivity contribution in [1.29, 1.82) is 0 Å². The van der Waals surface area contributed by atoms with E-state index in [4.69, 9.17) is 5.73 Å². The third-order valence-electron chi connectivity index (χ3n) is 3.95. The molecular formula is C14H23N5. The first-order valence-corrected chi connectivity index (χ1v) is 7.38. The molecule has 0 atom stereocenters. The summed E-state index contributed by atoms with van der Waals surface area (Å²) in [4.78, 5) is 13.9. The Hall–Kier alpha value is -1.36. The number of nitrogen functional groups attached to an aromatic ring is 1. The molecule has 1 aromatic rings. The molecule has 0 amide bonds. The predicted molar refractivity (Wildman–Crippen MR) is 77.2 cm³/mol. The van der Waals surface area contributed by atoms with Gasteiger partial charge in [-0.2, -0.15) is 0 Å². The Morgan fingerprint density at radius 1 is 1.21 bits per heavy atom. The summed E-state index contributed by atoms with van der Waals surface area (Å²) in [5, 5.41) is 0. The van der Waals surface area contributed by atoms with Crippen molar-refractivity contribution < 1.29 is 0 Å². The Morgan fingerprint density at radius 3 is 2.58 bits per heavy atom. The van der Waals surface area contributed by atoms with Crippen molar-refractivity contribution in [3.05, 3.63) is 11.9 Å². The van der Waals surface area contributed by atoms with Gasteiger partial charge >= 0.3 is 0 Å². The van der Waals surface area contributed by atoms with Crippen LogP contribution in [-0.2, 0) is 6.42 Å². The van der Waals surface area contributed by atoms with Crippen LogP contribution in [0.25, 0.3) is 0 Å². The molecule has 0 spiro atoms. The standard InChI is InChI=1S/C14H23N5/c1-2-3-13-16-12(15)10-14(17-13)19-8-6-18(7-9-19)11-4-5-11/h10-11H,2-9H2,1H3,(H2,15,16,17). The third kappa shape index (κ3) is 2.97. The number of hydrogen-bond acceptors (Lipinski definition) is 5. The maximum Gasteiger partial charge on any atom is 0.134 e. The van der Waals surface area contributed by atoms with E-state index < -0.39 is 0 Å². The first kappa shape index (κ1) is 12.7. The lowest BCUT2D eigenvalue weighted by Crippen LogP contribution is -2.47. The second-order valence-corrected chi connectivity index (χ2v) is 5.57. The number of aromatic nitrogens is 2. The highest BCUT2D eigenvalue weighted by molar-refractivity contribution is 5.47. The molecule has 2 N–H and O–H groups in total. The summed E-state index contributed by atoms with van der Waals surface area (Å²) in [7, 11) is 0. The molecule has 1 saturated heterocycles. The fourth-order valence-corrected chi connectivity index (χ4v) is 2.76. The van der Waals surface area contributed by atoms with E-state index in [2.05, 4.69) is 26.7 Å². The van der Waals surface area contributed by atoms with Crippen molar-refractivity contribution in [3.8, 4) is 0 Å². The van der Waals surface area contributed by atoms with Gasteiger partial charge in [0.2, 0.25) is 0 Å². The molecule has 19 heavy (non-hydrogen) atoms. The molecule has 0 unspecified atom stereocenters. The molecule has 0 bridgehead atoms. The number of hydrogen-bond donors (Lipinski definition) is 1. The van der Waals surface area contributed by atoms with E-state index >= 15 is 0 Å². The molecule has 5 nitrogen and oxygen atoms in total. The Bertz CT molecular complexity index is 435. The fourth-order valence-electron chi connectivity index (χ4n) is 2.76. The number of nitrogens with two attached hydrogens (primary N) is 1. The average molecular weight is 261 g/mol. The van der Waals surface area contributed by atoms with Crippen molar-refractivity contribution in [2.45, 2.75) is 38.6 Å². The maximum absolute atomic E-state index is 5.89. The quantitative estimate of drug-likeness (QED) is 0.885. The zero-order valence-electron chi connectivity index (χ0n) is 11.7. The van der Waals surface area contributed by atoms with Crippen LogP contribution in [0.15, 0.2) is 6.07 Å². The summed E-state index contributed by atoms with van der Waals surface area (Å²) < 4.78 is 0. The molecule has 1 aromatic heterocycles. The lowest BCUT2D eigenvalue weighted by Gasteiger charge is -2.35. The van der Waals surface area contributed by atoms with Crippen molar-refractivity contribution in [1.82, 2.24) is 14.9 Å². The Morgan fingerprint density at radius 2 is 1.95 bits per heavy atom.